The zero-order valence-electron chi connectivity index (χ0n) is 16.4. The lowest BCUT2D eigenvalue weighted by Gasteiger charge is -2.28. The van der Waals surface area contributed by atoms with Crippen LogP contribution in [0.1, 0.15) is 60.8 Å². The predicted octanol–water partition coefficient (Wildman–Crippen LogP) is 7.19. The van der Waals surface area contributed by atoms with Gasteiger partial charge in [0.25, 0.3) is 0 Å². The first-order chi connectivity index (χ1) is 13.4. The van der Waals surface area contributed by atoms with Crippen LogP contribution in [0.25, 0.3) is 11.6 Å². The van der Waals surface area contributed by atoms with Crippen LogP contribution in [-0.2, 0) is 10.9 Å². The van der Waals surface area contributed by atoms with Gasteiger partial charge in [0.2, 0.25) is 0 Å². The molecule has 0 N–H and O–H groups in total. The number of halogens is 3. The van der Waals surface area contributed by atoms with E-state index in [1.165, 1.54) is 43.4 Å². The van der Waals surface area contributed by atoms with Crippen molar-refractivity contribution in [3.8, 4) is 0 Å². The molecule has 1 saturated carbocycles. The van der Waals surface area contributed by atoms with Gasteiger partial charge in [-0.1, -0.05) is 42.5 Å². The normalized spacial score (nSPS) is 21.0. The Hall–Kier alpha value is -2.07. The minimum absolute atomic E-state index is 0.613. The lowest BCUT2D eigenvalue weighted by molar-refractivity contribution is -0.137. The molecule has 0 amide bonds. The standard InChI is InChI=1S/C24H27F3O/c1-17(20-11-13-23(14-12-20)24(25,26)27)15-18-3-7-21(8-4-18)22-9-5-19(6-10-22)16-28-2/h3-4,7-8,11-15,19,22H,5-6,9-10,16H2,1-2H3/b17-15+. The van der Waals surface area contributed by atoms with E-state index < -0.39 is 11.7 Å². The Bertz CT molecular complexity index is 780. The van der Waals surface area contributed by atoms with Crippen LogP contribution in [-0.4, -0.2) is 13.7 Å². The SMILES string of the molecule is COCC1CCC(c2ccc(/C=C(\C)c3ccc(C(F)(F)F)cc3)cc2)CC1. The highest BCUT2D eigenvalue weighted by molar-refractivity contribution is 5.80. The van der Waals surface area contributed by atoms with Crippen molar-refractivity contribution in [3.05, 3.63) is 70.8 Å². The summed E-state index contributed by atoms with van der Waals surface area (Å²) in [5, 5.41) is 0. The van der Waals surface area contributed by atoms with Crippen LogP contribution >= 0.6 is 0 Å². The van der Waals surface area contributed by atoms with Crippen molar-refractivity contribution >= 4 is 11.6 Å². The van der Waals surface area contributed by atoms with Crippen LogP contribution in [0.4, 0.5) is 13.2 Å². The minimum Gasteiger partial charge on any atom is -0.384 e. The average molecular weight is 388 g/mol. The number of allylic oxidation sites excluding steroid dienone is 1. The molecule has 0 radical (unpaired) electrons. The van der Waals surface area contributed by atoms with Crippen molar-refractivity contribution in [2.75, 3.05) is 13.7 Å². The first-order valence-corrected chi connectivity index (χ1v) is 9.81. The molecule has 4 heteroatoms. The van der Waals surface area contributed by atoms with E-state index in [0.717, 1.165) is 35.4 Å². The van der Waals surface area contributed by atoms with E-state index in [-0.39, 0.29) is 0 Å². The van der Waals surface area contributed by atoms with Gasteiger partial charge in [0.1, 0.15) is 0 Å². The number of benzene rings is 2. The number of alkyl halides is 3. The molecule has 0 aromatic heterocycles. The molecule has 0 spiro atoms. The fraction of sp³-hybridized carbons (Fsp3) is 0.417. The Morgan fingerprint density at radius 1 is 0.964 bits per heavy atom. The predicted molar refractivity (Wildman–Crippen MR) is 108 cm³/mol. The van der Waals surface area contributed by atoms with E-state index in [9.17, 15) is 13.2 Å². The summed E-state index contributed by atoms with van der Waals surface area (Å²) in [5.41, 5.74) is 3.57. The molecular weight excluding hydrogens is 361 g/mol. The molecule has 3 rings (SSSR count). The van der Waals surface area contributed by atoms with Gasteiger partial charge in [-0.2, -0.15) is 13.2 Å². The molecule has 150 valence electrons. The van der Waals surface area contributed by atoms with Gasteiger partial charge in [-0.05, 0) is 78.8 Å². The molecule has 1 aliphatic rings. The molecule has 0 heterocycles. The van der Waals surface area contributed by atoms with E-state index in [1.807, 2.05) is 13.0 Å². The zero-order chi connectivity index (χ0) is 20.1. The number of ether oxygens (including phenoxy) is 1. The quantitative estimate of drug-likeness (QED) is 0.493. The van der Waals surface area contributed by atoms with E-state index in [0.29, 0.717) is 11.8 Å². The third-order valence-corrected chi connectivity index (χ3v) is 5.71. The van der Waals surface area contributed by atoms with Crippen molar-refractivity contribution in [3.63, 3.8) is 0 Å². The van der Waals surface area contributed by atoms with Crippen LogP contribution in [0.2, 0.25) is 0 Å². The van der Waals surface area contributed by atoms with Crippen molar-refractivity contribution < 1.29 is 17.9 Å². The third kappa shape index (κ3) is 5.26. The summed E-state index contributed by atoms with van der Waals surface area (Å²) in [6.45, 7) is 2.78. The Morgan fingerprint density at radius 2 is 1.57 bits per heavy atom. The van der Waals surface area contributed by atoms with Crippen LogP contribution in [0.5, 0.6) is 0 Å². The van der Waals surface area contributed by atoms with E-state index in [1.54, 1.807) is 7.11 Å². The summed E-state index contributed by atoms with van der Waals surface area (Å²) in [7, 11) is 1.77. The van der Waals surface area contributed by atoms with Gasteiger partial charge in [0, 0.05) is 13.7 Å². The van der Waals surface area contributed by atoms with Gasteiger partial charge in [0.05, 0.1) is 5.56 Å². The fourth-order valence-electron chi connectivity index (χ4n) is 4.02. The highest BCUT2D eigenvalue weighted by Crippen LogP contribution is 2.36. The number of rotatable bonds is 5. The van der Waals surface area contributed by atoms with Gasteiger partial charge in [0.15, 0.2) is 0 Å². The van der Waals surface area contributed by atoms with E-state index in [4.69, 9.17) is 4.74 Å². The van der Waals surface area contributed by atoms with Gasteiger partial charge < -0.3 is 4.74 Å². The minimum atomic E-state index is -4.30. The third-order valence-electron chi connectivity index (χ3n) is 5.71. The lowest BCUT2D eigenvalue weighted by Crippen LogP contribution is -2.17. The molecule has 1 nitrogen and oxygen atoms in total. The number of hydrogen-bond acceptors (Lipinski definition) is 1. The highest BCUT2D eigenvalue weighted by Gasteiger charge is 2.30. The Balaban J connectivity index is 1.65. The Morgan fingerprint density at radius 3 is 2.11 bits per heavy atom. The fourth-order valence-corrected chi connectivity index (χ4v) is 4.02. The summed E-state index contributed by atoms with van der Waals surface area (Å²) < 4.78 is 43.4. The summed E-state index contributed by atoms with van der Waals surface area (Å²) in [4.78, 5) is 0. The average Bonchev–Trinajstić information content (AvgIpc) is 2.69. The summed E-state index contributed by atoms with van der Waals surface area (Å²) in [6, 6.07) is 13.9. The molecule has 28 heavy (non-hydrogen) atoms. The maximum Gasteiger partial charge on any atom is 0.416 e. The molecule has 0 aliphatic heterocycles. The smallest absolute Gasteiger partial charge is 0.384 e. The largest absolute Gasteiger partial charge is 0.416 e. The van der Waals surface area contributed by atoms with Crippen molar-refractivity contribution in [1.82, 2.24) is 0 Å². The van der Waals surface area contributed by atoms with E-state index in [2.05, 4.69) is 24.3 Å². The van der Waals surface area contributed by atoms with Crippen molar-refractivity contribution in [1.29, 1.82) is 0 Å². The molecular formula is C24H27F3O. The second kappa shape index (κ2) is 8.95. The van der Waals surface area contributed by atoms with Crippen LogP contribution in [0.15, 0.2) is 48.5 Å². The molecule has 2 aromatic rings. The Kier molecular flexibility index (Phi) is 6.61. The lowest BCUT2D eigenvalue weighted by atomic mass is 9.79. The van der Waals surface area contributed by atoms with Crippen molar-refractivity contribution in [2.45, 2.75) is 44.7 Å². The molecule has 2 aromatic carbocycles. The first kappa shape index (κ1) is 20.7. The zero-order valence-corrected chi connectivity index (χ0v) is 16.4. The topological polar surface area (TPSA) is 9.23 Å². The second-order valence-electron chi connectivity index (χ2n) is 7.74. The number of methoxy groups -OCH3 is 1. The Labute approximate surface area is 165 Å². The first-order valence-electron chi connectivity index (χ1n) is 9.81. The molecule has 1 fully saturated rings. The monoisotopic (exact) mass is 388 g/mol. The maximum atomic E-state index is 12.7. The van der Waals surface area contributed by atoms with Gasteiger partial charge in [-0.3, -0.25) is 0 Å². The van der Waals surface area contributed by atoms with Gasteiger partial charge in [-0.15, -0.1) is 0 Å². The summed E-state index contributed by atoms with van der Waals surface area (Å²) >= 11 is 0. The van der Waals surface area contributed by atoms with Crippen LogP contribution < -0.4 is 0 Å². The molecule has 0 bridgehead atoms. The molecule has 1 aliphatic carbocycles. The van der Waals surface area contributed by atoms with Gasteiger partial charge in [-0.25, -0.2) is 0 Å². The number of hydrogen-bond donors (Lipinski definition) is 0. The highest BCUT2D eigenvalue weighted by atomic mass is 19.4. The van der Waals surface area contributed by atoms with Gasteiger partial charge >= 0.3 is 6.18 Å². The second-order valence-corrected chi connectivity index (χ2v) is 7.74. The van der Waals surface area contributed by atoms with Crippen molar-refractivity contribution in [2.24, 2.45) is 5.92 Å². The maximum absolute atomic E-state index is 12.7. The summed E-state index contributed by atoms with van der Waals surface area (Å²) in [5.74, 6) is 1.30. The molecule has 0 atom stereocenters. The van der Waals surface area contributed by atoms with Crippen LogP contribution in [0, 0.1) is 5.92 Å². The van der Waals surface area contributed by atoms with E-state index >= 15 is 0 Å². The van der Waals surface area contributed by atoms with Crippen LogP contribution in [0.3, 0.4) is 0 Å². The summed E-state index contributed by atoms with van der Waals surface area (Å²) in [6.07, 6.45) is 2.55. The molecule has 0 saturated heterocycles. The molecule has 0 unspecified atom stereocenters.